The van der Waals surface area contributed by atoms with Gasteiger partial charge < -0.3 is 20.1 Å². The Morgan fingerprint density at radius 3 is 2.62 bits per heavy atom. The van der Waals surface area contributed by atoms with Crippen molar-refractivity contribution in [3.05, 3.63) is 0 Å². The first-order valence-corrected chi connectivity index (χ1v) is 8.12. The molecule has 1 aliphatic carbocycles. The van der Waals surface area contributed by atoms with Crippen LogP contribution in [0.15, 0.2) is 0 Å². The van der Waals surface area contributed by atoms with Crippen LogP contribution >= 0.6 is 0 Å². The van der Waals surface area contributed by atoms with Gasteiger partial charge in [-0.25, -0.2) is 0 Å². The molecule has 0 radical (unpaired) electrons. The van der Waals surface area contributed by atoms with E-state index in [0.29, 0.717) is 18.2 Å². The highest BCUT2D eigenvalue weighted by Crippen LogP contribution is 2.52. The Morgan fingerprint density at radius 1 is 1.43 bits per heavy atom. The van der Waals surface area contributed by atoms with Crippen LogP contribution in [0.4, 0.5) is 0 Å². The molecule has 0 amide bonds. The molecule has 3 N–H and O–H groups in total. The van der Waals surface area contributed by atoms with Crippen molar-refractivity contribution in [2.24, 2.45) is 23.7 Å². The molecule has 1 saturated carbocycles. The van der Waals surface area contributed by atoms with Gasteiger partial charge in [-0.1, -0.05) is 20.3 Å². The summed E-state index contributed by atoms with van der Waals surface area (Å²) < 4.78 is 4.85. The molecular formula is C15H28BNO4. The Hall–Kier alpha value is -0.585. The molecule has 2 rings (SSSR count). The lowest BCUT2D eigenvalue weighted by atomic mass is 9.54. The highest BCUT2D eigenvalue weighted by molar-refractivity contribution is 6.42. The minimum absolute atomic E-state index is 0.147. The summed E-state index contributed by atoms with van der Waals surface area (Å²) in [5.41, 5.74) is -0.769. The summed E-state index contributed by atoms with van der Waals surface area (Å²) in [5.74, 6) is 0.604. The number of carboxylic acids is 1. The SMILES string of the molecule is COB(O)CCC[C@@H]1CCN[C@]1(C(=O)O)C1C(C)CC1C. The number of hydrogen-bond acceptors (Lipinski definition) is 4. The molecule has 2 unspecified atom stereocenters. The fourth-order valence-electron chi connectivity index (χ4n) is 4.78. The molecule has 0 aromatic rings. The number of aliphatic carboxylic acids is 1. The minimum Gasteiger partial charge on any atom is -0.480 e. The number of carboxylic acid groups (broad SMARTS) is 1. The average molecular weight is 297 g/mol. The van der Waals surface area contributed by atoms with Crippen LogP contribution in [-0.2, 0) is 9.45 Å². The predicted molar refractivity (Wildman–Crippen MR) is 81.9 cm³/mol. The first kappa shape index (κ1) is 16.8. The van der Waals surface area contributed by atoms with Gasteiger partial charge in [-0.05, 0) is 55.8 Å². The van der Waals surface area contributed by atoms with Crippen LogP contribution in [0.3, 0.4) is 0 Å². The summed E-state index contributed by atoms with van der Waals surface area (Å²) in [4.78, 5) is 12.1. The fraction of sp³-hybridized carbons (Fsp3) is 0.933. The van der Waals surface area contributed by atoms with Crippen molar-refractivity contribution in [1.82, 2.24) is 5.32 Å². The molecule has 1 saturated heterocycles. The van der Waals surface area contributed by atoms with Gasteiger partial charge in [-0.15, -0.1) is 0 Å². The standard InChI is InChI=1S/C15H28BNO4/c1-10-9-11(2)13(10)15(14(18)19)12(6-8-17-15)5-4-7-16(20)21-3/h10-13,17,20H,4-9H2,1-3H3,(H,18,19)/t10?,11?,12-,13?,15+/m1/s1. The van der Waals surface area contributed by atoms with Crippen LogP contribution in [0.25, 0.3) is 0 Å². The largest absolute Gasteiger partial charge is 0.480 e. The van der Waals surface area contributed by atoms with E-state index in [1.165, 1.54) is 7.11 Å². The first-order chi connectivity index (χ1) is 9.93. The lowest BCUT2D eigenvalue weighted by Crippen LogP contribution is -2.64. The van der Waals surface area contributed by atoms with Gasteiger partial charge in [0.05, 0.1) is 0 Å². The Morgan fingerprint density at radius 2 is 2.10 bits per heavy atom. The second-order valence-corrected chi connectivity index (χ2v) is 6.92. The van der Waals surface area contributed by atoms with Crippen LogP contribution in [0.2, 0.25) is 6.32 Å². The lowest BCUT2D eigenvalue weighted by Gasteiger charge is -2.52. The Balaban J connectivity index is 2.06. The van der Waals surface area contributed by atoms with E-state index in [1.54, 1.807) is 0 Å². The molecule has 6 heteroatoms. The maximum atomic E-state index is 12.1. The highest BCUT2D eigenvalue weighted by Gasteiger charge is 2.60. The molecule has 5 nitrogen and oxygen atoms in total. The van der Waals surface area contributed by atoms with E-state index < -0.39 is 18.6 Å². The third kappa shape index (κ3) is 2.98. The molecule has 1 heterocycles. The maximum absolute atomic E-state index is 12.1. The van der Waals surface area contributed by atoms with Crippen LogP contribution < -0.4 is 5.32 Å². The van der Waals surface area contributed by atoms with Gasteiger partial charge in [-0.3, -0.25) is 4.79 Å². The monoisotopic (exact) mass is 297 g/mol. The molecule has 4 atom stereocenters. The fourth-order valence-corrected chi connectivity index (χ4v) is 4.78. The quantitative estimate of drug-likeness (QED) is 0.622. The van der Waals surface area contributed by atoms with Gasteiger partial charge in [-0.2, -0.15) is 0 Å². The maximum Gasteiger partial charge on any atom is 0.453 e. The van der Waals surface area contributed by atoms with E-state index in [1.807, 2.05) is 0 Å². The van der Waals surface area contributed by atoms with Gasteiger partial charge >= 0.3 is 13.1 Å². The van der Waals surface area contributed by atoms with E-state index in [0.717, 1.165) is 32.2 Å². The van der Waals surface area contributed by atoms with Crippen molar-refractivity contribution in [3.63, 3.8) is 0 Å². The topological polar surface area (TPSA) is 78.8 Å². The highest BCUT2D eigenvalue weighted by atomic mass is 16.5. The second kappa shape index (κ2) is 6.67. The van der Waals surface area contributed by atoms with Crippen LogP contribution in [0.1, 0.15) is 39.5 Å². The van der Waals surface area contributed by atoms with Gasteiger partial charge in [0.15, 0.2) is 0 Å². The normalized spacial score (nSPS) is 39.0. The number of nitrogens with one attached hydrogen (secondary N) is 1. The van der Waals surface area contributed by atoms with Crippen LogP contribution in [0.5, 0.6) is 0 Å². The lowest BCUT2D eigenvalue weighted by molar-refractivity contribution is -0.156. The Labute approximate surface area is 127 Å². The summed E-state index contributed by atoms with van der Waals surface area (Å²) in [5, 5.41) is 22.7. The second-order valence-electron chi connectivity index (χ2n) is 6.92. The third-order valence-electron chi connectivity index (χ3n) is 5.68. The summed E-state index contributed by atoms with van der Waals surface area (Å²) in [6, 6.07) is 0. The number of hydrogen-bond donors (Lipinski definition) is 3. The third-order valence-corrected chi connectivity index (χ3v) is 5.68. The van der Waals surface area contributed by atoms with E-state index in [2.05, 4.69) is 19.2 Å². The van der Waals surface area contributed by atoms with E-state index in [9.17, 15) is 14.9 Å². The number of rotatable bonds is 7. The molecular weight excluding hydrogens is 269 g/mol. The summed E-state index contributed by atoms with van der Waals surface area (Å²) in [7, 11) is 0.751. The summed E-state index contributed by atoms with van der Waals surface area (Å²) >= 11 is 0. The molecule has 0 bridgehead atoms. The Kier molecular flexibility index (Phi) is 5.33. The number of carbonyl (C=O) groups is 1. The summed E-state index contributed by atoms with van der Waals surface area (Å²) in [6.45, 7) is 5.11. The van der Waals surface area contributed by atoms with Crippen LogP contribution in [-0.4, -0.2) is 42.4 Å². The van der Waals surface area contributed by atoms with Crippen molar-refractivity contribution < 1.29 is 19.6 Å². The van der Waals surface area contributed by atoms with Crippen molar-refractivity contribution in [1.29, 1.82) is 0 Å². The van der Waals surface area contributed by atoms with Crippen molar-refractivity contribution >= 4 is 13.1 Å². The zero-order valence-corrected chi connectivity index (χ0v) is 13.3. The molecule has 0 spiro atoms. The molecule has 2 fully saturated rings. The minimum atomic E-state index is -0.769. The van der Waals surface area contributed by atoms with Crippen molar-refractivity contribution in [3.8, 4) is 0 Å². The molecule has 0 aromatic heterocycles. The van der Waals surface area contributed by atoms with E-state index in [4.69, 9.17) is 4.65 Å². The molecule has 21 heavy (non-hydrogen) atoms. The Bertz CT molecular complexity index is 373. The predicted octanol–water partition coefficient (Wildman–Crippen LogP) is 1.62. The van der Waals surface area contributed by atoms with E-state index >= 15 is 0 Å². The molecule has 1 aliphatic heterocycles. The molecule has 120 valence electrons. The summed E-state index contributed by atoms with van der Waals surface area (Å²) in [6.07, 6.45) is 4.22. The van der Waals surface area contributed by atoms with Gasteiger partial charge in [0.2, 0.25) is 0 Å². The zero-order chi connectivity index (χ0) is 15.6. The average Bonchev–Trinajstić information content (AvgIpc) is 2.83. The van der Waals surface area contributed by atoms with Crippen molar-refractivity contribution in [2.75, 3.05) is 13.7 Å². The first-order valence-electron chi connectivity index (χ1n) is 8.12. The molecule has 0 aromatic carbocycles. The van der Waals surface area contributed by atoms with Gasteiger partial charge in [0.25, 0.3) is 0 Å². The smallest absolute Gasteiger partial charge is 0.453 e. The van der Waals surface area contributed by atoms with Crippen LogP contribution in [0, 0.1) is 23.7 Å². The van der Waals surface area contributed by atoms with Gasteiger partial charge in [0.1, 0.15) is 5.54 Å². The van der Waals surface area contributed by atoms with E-state index in [-0.39, 0.29) is 11.8 Å². The van der Waals surface area contributed by atoms with Gasteiger partial charge in [0, 0.05) is 7.11 Å². The van der Waals surface area contributed by atoms with Crippen molar-refractivity contribution in [2.45, 2.75) is 51.4 Å². The zero-order valence-electron chi connectivity index (χ0n) is 13.3. The molecule has 2 aliphatic rings.